The lowest BCUT2D eigenvalue weighted by molar-refractivity contribution is 0.0535. The van der Waals surface area contributed by atoms with Crippen molar-refractivity contribution >= 4 is 17.3 Å². The summed E-state index contributed by atoms with van der Waals surface area (Å²) in [7, 11) is 0. The molecule has 0 amide bonds. The normalized spacial score (nSPS) is 15.0. The largest absolute Gasteiger partial charge is 0.457 e. The lowest BCUT2D eigenvalue weighted by atomic mass is 9.98. The summed E-state index contributed by atoms with van der Waals surface area (Å²) in [4.78, 5) is 14.0. The molecule has 1 N–H and O–H groups in total. The molecule has 3 aromatic rings. The first-order chi connectivity index (χ1) is 15.1. The number of halogens is 1. The fourth-order valence-corrected chi connectivity index (χ4v) is 4.22. The van der Waals surface area contributed by atoms with Crippen molar-refractivity contribution in [1.29, 1.82) is 5.26 Å². The molecule has 0 saturated heterocycles. The number of cyclic esters (lactones) is 1. The highest BCUT2D eigenvalue weighted by Gasteiger charge is 2.22. The van der Waals surface area contributed by atoms with E-state index in [-0.39, 0.29) is 11.5 Å². The number of nitriles is 1. The Morgan fingerprint density at radius 1 is 1.03 bits per heavy atom. The van der Waals surface area contributed by atoms with Gasteiger partial charge in [0, 0.05) is 36.6 Å². The van der Waals surface area contributed by atoms with Crippen LogP contribution < -0.4 is 5.32 Å². The molecular weight excluding hydrogens is 393 g/mol. The predicted octanol–water partition coefficient (Wildman–Crippen LogP) is 4.67. The summed E-state index contributed by atoms with van der Waals surface area (Å²) in [5.41, 5.74) is 6.95. The highest BCUT2D eigenvalue weighted by molar-refractivity contribution is 5.93. The van der Waals surface area contributed by atoms with Gasteiger partial charge in [0.05, 0.1) is 11.1 Å². The Labute approximate surface area is 179 Å². The maximum atomic E-state index is 13.8. The average Bonchev–Trinajstić information content (AvgIpc) is 3.14. The van der Waals surface area contributed by atoms with Gasteiger partial charge in [0.25, 0.3) is 0 Å². The molecule has 0 unspecified atom stereocenters. The third-order valence-corrected chi connectivity index (χ3v) is 5.83. The van der Waals surface area contributed by atoms with Crippen LogP contribution in [0.1, 0.15) is 38.2 Å². The van der Waals surface area contributed by atoms with E-state index >= 15 is 0 Å². The van der Waals surface area contributed by atoms with Crippen molar-refractivity contribution in [2.45, 2.75) is 26.1 Å². The van der Waals surface area contributed by atoms with Crippen molar-refractivity contribution in [3.63, 3.8) is 0 Å². The van der Waals surface area contributed by atoms with E-state index in [1.807, 2.05) is 24.3 Å². The average molecular weight is 413 g/mol. The van der Waals surface area contributed by atoms with E-state index in [1.165, 1.54) is 28.8 Å². The summed E-state index contributed by atoms with van der Waals surface area (Å²) in [6.45, 7) is 2.98. The molecular formula is C25H20FN3O2. The van der Waals surface area contributed by atoms with Gasteiger partial charge >= 0.3 is 5.97 Å². The second kappa shape index (κ2) is 7.86. The quantitative estimate of drug-likeness (QED) is 0.630. The van der Waals surface area contributed by atoms with Gasteiger partial charge in [0.2, 0.25) is 0 Å². The van der Waals surface area contributed by atoms with Crippen LogP contribution in [0, 0.1) is 17.1 Å². The molecule has 0 aromatic heterocycles. The van der Waals surface area contributed by atoms with Gasteiger partial charge < -0.3 is 10.1 Å². The van der Waals surface area contributed by atoms with Gasteiger partial charge in [-0.2, -0.15) is 5.26 Å². The minimum Gasteiger partial charge on any atom is -0.457 e. The molecule has 5 nitrogen and oxygen atoms in total. The Morgan fingerprint density at radius 2 is 1.87 bits per heavy atom. The summed E-state index contributed by atoms with van der Waals surface area (Å²) in [6.07, 6.45) is 0.930. The van der Waals surface area contributed by atoms with Crippen LogP contribution in [-0.2, 0) is 30.9 Å². The Hall–Kier alpha value is -3.69. The maximum Gasteiger partial charge on any atom is 0.338 e. The summed E-state index contributed by atoms with van der Waals surface area (Å²) in [5.74, 6) is -0.759. The number of nitrogens with zero attached hydrogens (tertiary/aromatic N) is 2. The van der Waals surface area contributed by atoms with Crippen LogP contribution in [-0.4, -0.2) is 17.4 Å². The van der Waals surface area contributed by atoms with Crippen LogP contribution in [0.3, 0.4) is 0 Å². The first-order valence-corrected chi connectivity index (χ1v) is 10.2. The Balaban J connectivity index is 1.26. The van der Waals surface area contributed by atoms with Crippen LogP contribution in [0.25, 0.3) is 0 Å². The molecule has 0 atom stereocenters. The fourth-order valence-electron chi connectivity index (χ4n) is 4.22. The summed E-state index contributed by atoms with van der Waals surface area (Å²) < 4.78 is 18.9. The minimum atomic E-state index is -0.524. The standard InChI is InChI=1S/C25H20FN3O2/c26-24-11-22(4-2-18(24)12-27)28-21-5-3-19-14-29(8-7-17(19)10-21)13-16-1-6-23-20(9-16)15-31-25(23)30/h1-6,9-11,28H,7-8,13-15H2. The van der Waals surface area contributed by atoms with E-state index in [1.54, 1.807) is 6.07 Å². The maximum absolute atomic E-state index is 13.8. The summed E-state index contributed by atoms with van der Waals surface area (Å²) in [6, 6.07) is 18.5. The number of nitrogens with one attached hydrogen (secondary N) is 1. The molecule has 0 aliphatic carbocycles. The van der Waals surface area contributed by atoms with E-state index in [4.69, 9.17) is 10.00 Å². The minimum absolute atomic E-state index is 0.0404. The SMILES string of the molecule is N#Cc1ccc(Nc2ccc3c(c2)CCN(Cc2ccc4c(c2)COC4=O)C3)cc1F. The van der Waals surface area contributed by atoms with Crippen LogP contribution in [0.5, 0.6) is 0 Å². The number of hydrogen-bond acceptors (Lipinski definition) is 5. The molecule has 0 radical (unpaired) electrons. The lowest BCUT2D eigenvalue weighted by Gasteiger charge is -2.29. The monoisotopic (exact) mass is 413 g/mol. The number of anilines is 2. The number of fused-ring (bicyclic) bond motifs is 2. The molecule has 0 spiro atoms. The van der Waals surface area contributed by atoms with E-state index in [0.29, 0.717) is 17.9 Å². The van der Waals surface area contributed by atoms with Gasteiger partial charge in [-0.15, -0.1) is 0 Å². The highest BCUT2D eigenvalue weighted by atomic mass is 19.1. The van der Waals surface area contributed by atoms with Gasteiger partial charge in [-0.25, -0.2) is 9.18 Å². The van der Waals surface area contributed by atoms with Gasteiger partial charge in [0.15, 0.2) is 0 Å². The lowest BCUT2D eigenvalue weighted by Crippen LogP contribution is -2.30. The first-order valence-electron chi connectivity index (χ1n) is 10.2. The van der Waals surface area contributed by atoms with Crippen LogP contribution >= 0.6 is 0 Å². The number of rotatable bonds is 4. The predicted molar refractivity (Wildman–Crippen MR) is 114 cm³/mol. The van der Waals surface area contributed by atoms with E-state index in [9.17, 15) is 9.18 Å². The van der Waals surface area contributed by atoms with Crippen LogP contribution in [0.15, 0.2) is 54.6 Å². The molecule has 5 rings (SSSR count). The van der Waals surface area contributed by atoms with Crippen molar-refractivity contribution in [1.82, 2.24) is 4.90 Å². The molecule has 154 valence electrons. The van der Waals surface area contributed by atoms with Crippen molar-refractivity contribution in [2.24, 2.45) is 0 Å². The third kappa shape index (κ3) is 3.88. The molecule has 2 aliphatic rings. The second-order valence-corrected chi connectivity index (χ2v) is 7.94. The number of carbonyl (C=O) groups excluding carboxylic acids is 1. The van der Waals surface area contributed by atoms with Gasteiger partial charge in [-0.1, -0.05) is 18.2 Å². The van der Waals surface area contributed by atoms with Gasteiger partial charge in [0.1, 0.15) is 18.5 Å². The first kappa shape index (κ1) is 19.3. The topological polar surface area (TPSA) is 65.4 Å². The van der Waals surface area contributed by atoms with Crippen LogP contribution in [0.4, 0.5) is 15.8 Å². The molecule has 2 aliphatic heterocycles. The third-order valence-electron chi connectivity index (χ3n) is 5.83. The molecule has 31 heavy (non-hydrogen) atoms. The molecule has 0 fully saturated rings. The second-order valence-electron chi connectivity index (χ2n) is 7.94. The number of esters is 1. The zero-order valence-electron chi connectivity index (χ0n) is 16.8. The number of carbonyl (C=O) groups is 1. The summed E-state index contributed by atoms with van der Waals surface area (Å²) >= 11 is 0. The van der Waals surface area contributed by atoms with E-state index in [0.717, 1.165) is 37.3 Å². The highest BCUT2D eigenvalue weighted by Crippen LogP contribution is 2.27. The van der Waals surface area contributed by atoms with E-state index in [2.05, 4.69) is 28.4 Å². The summed E-state index contributed by atoms with van der Waals surface area (Å²) in [5, 5.41) is 12.1. The number of hydrogen-bond donors (Lipinski definition) is 1. The number of benzene rings is 3. The molecule has 3 aromatic carbocycles. The fraction of sp³-hybridized carbons (Fsp3) is 0.200. The van der Waals surface area contributed by atoms with Crippen molar-refractivity contribution in [3.8, 4) is 6.07 Å². The zero-order chi connectivity index (χ0) is 21.4. The van der Waals surface area contributed by atoms with Crippen molar-refractivity contribution < 1.29 is 13.9 Å². The molecule has 6 heteroatoms. The zero-order valence-corrected chi connectivity index (χ0v) is 16.8. The van der Waals surface area contributed by atoms with Gasteiger partial charge in [-0.05, 0) is 59.5 Å². The van der Waals surface area contributed by atoms with Crippen LogP contribution in [0.2, 0.25) is 0 Å². The Bertz CT molecular complexity index is 1230. The Kier molecular flexibility index (Phi) is 4.89. The Morgan fingerprint density at radius 3 is 2.71 bits per heavy atom. The number of ether oxygens (including phenoxy) is 1. The smallest absolute Gasteiger partial charge is 0.338 e. The van der Waals surface area contributed by atoms with Crippen molar-refractivity contribution in [3.05, 3.63) is 93.8 Å². The molecule has 2 heterocycles. The van der Waals surface area contributed by atoms with Gasteiger partial charge in [-0.3, -0.25) is 4.90 Å². The molecule has 0 bridgehead atoms. The molecule has 0 saturated carbocycles. The van der Waals surface area contributed by atoms with Crippen molar-refractivity contribution in [2.75, 3.05) is 11.9 Å². The van der Waals surface area contributed by atoms with E-state index < -0.39 is 5.82 Å².